The van der Waals surface area contributed by atoms with E-state index in [1.807, 2.05) is 10.7 Å². The van der Waals surface area contributed by atoms with Crippen LogP contribution in [-0.2, 0) is 4.79 Å². The fraction of sp³-hybridized carbons (Fsp3) is 0.517. The number of hydrogen-bond donors (Lipinski definition) is 0. The summed E-state index contributed by atoms with van der Waals surface area (Å²) in [5, 5.41) is 4.61. The van der Waals surface area contributed by atoms with Gasteiger partial charge in [0.2, 0.25) is 5.91 Å². The Bertz CT molecular complexity index is 1240. The maximum Gasteiger partial charge on any atom is 0.225 e. The number of carbonyl (C=O) groups is 1. The van der Waals surface area contributed by atoms with Gasteiger partial charge in [-0.3, -0.25) is 4.79 Å². The van der Waals surface area contributed by atoms with Gasteiger partial charge < -0.3 is 14.7 Å². The number of amides is 1. The van der Waals surface area contributed by atoms with E-state index in [4.69, 9.17) is 0 Å². The summed E-state index contributed by atoms with van der Waals surface area (Å²) in [5.41, 5.74) is 7.68. The van der Waals surface area contributed by atoms with Crippen LogP contribution in [0.25, 0.3) is 16.6 Å². The molecule has 4 heterocycles. The molecule has 0 radical (unpaired) electrons. The number of likely N-dealkylation sites (tertiary alicyclic amines) is 1. The Morgan fingerprint density at radius 2 is 1.77 bits per heavy atom. The van der Waals surface area contributed by atoms with E-state index in [1.165, 1.54) is 47.5 Å². The van der Waals surface area contributed by atoms with Crippen molar-refractivity contribution in [3.05, 3.63) is 53.9 Å². The Morgan fingerprint density at radius 3 is 2.46 bits per heavy atom. The third-order valence-corrected chi connectivity index (χ3v) is 8.34. The number of rotatable bonds is 5. The number of hydrogen-bond acceptors (Lipinski definition) is 4. The summed E-state index contributed by atoms with van der Waals surface area (Å²) in [6.45, 7) is 12.6. The zero-order valence-electron chi connectivity index (χ0n) is 21.3. The second-order valence-corrected chi connectivity index (χ2v) is 11.0. The monoisotopic (exact) mass is 471 g/mol. The Balaban J connectivity index is 1.21. The van der Waals surface area contributed by atoms with Gasteiger partial charge in [-0.15, -0.1) is 0 Å². The van der Waals surface area contributed by atoms with Crippen molar-refractivity contribution in [3.63, 3.8) is 0 Å². The Kier molecular flexibility index (Phi) is 5.79. The molecule has 1 aliphatic carbocycles. The number of aromatic nitrogens is 2. The van der Waals surface area contributed by atoms with Gasteiger partial charge in [-0.2, -0.15) is 5.10 Å². The Labute approximate surface area is 208 Å². The fourth-order valence-electron chi connectivity index (χ4n) is 6.00. The number of carbonyl (C=O) groups excluding carboxylic acids is 1. The molecular formula is C29H37N5O. The highest BCUT2D eigenvalue weighted by Crippen LogP contribution is 2.35. The molecule has 3 aliphatic rings. The van der Waals surface area contributed by atoms with Crippen LogP contribution in [-0.4, -0.2) is 70.6 Å². The topological polar surface area (TPSA) is 44.1 Å². The molecule has 0 spiro atoms. The SMILES string of the molecule is Cc1cc(-c2cc3c(N4CCN(C(=O)C5CC5)CC4)ccnn3c2)ccc1[C@H]1CCN(C(C)C)C1. The summed E-state index contributed by atoms with van der Waals surface area (Å²) < 4.78 is 2.01. The van der Waals surface area contributed by atoms with E-state index < -0.39 is 0 Å². The largest absolute Gasteiger partial charge is 0.366 e. The molecule has 1 aromatic carbocycles. The molecule has 2 saturated heterocycles. The van der Waals surface area contributed by atoms with Crippen LogP contribution in [0, 0.1) is 12.8 Å². The molecule has 0 N–H and O–H groups in total. The van der Waals surface area contributed by atoms with Gasteiger partial charge in [0.25, 0.3) is 0 Å². The molecule has 6 rings (SSSR count). The summed E-state index contributed by atoms with van der Waals surface area (Å²) in [5.74, 6) is 1.31. The number of anilines is 1. The lowest BCUT2D eigenvalue weighted by atomic mass is 9.92. The van der Waals surface area contributed by atoms with Gasteiger partial charge in [-0.1, -0.05) is 18.2 Å². The lowest BCUT2D eigenvalue weighted by Crippen LogP contribution is -2.49. The molecule has 1 saturated carbocycles. The fourth-order valence-corrected chi connectivity index (χ4v) is 6.00. The molecule has 1 amide bonds. The van der Waals surface area contributed by atoms with Crippen LogP contribution in [0.5, 0.6) is 0 Å². The van der Waals surface area contributed by atoms with Crippen molar-refractivity contribution in [2.24, 2.45) is 5.92 Å². The summed E-state index contributed by atoms with van der Waals surface area (Å²) in [7, 11) is 0. The summed E-state index contributed by atoms with van der Waals surface area (Å²) in [6, 6.07) is 12.0. The molecule has 1 atom stereocenters. The van der Waals surface area contributed by atoms with E-state index in [9.17, 15) is 4.79 Å². The first-order valence-electron chi connectivity index (χ1n) is 13.3. The second-order valence-electron chi connectivity index (χ2n) is 11.0. The van der Waals surface area contributed by atoms with Gasteiger partial charge in [0, 0.05) is 62.6 Å². The van der Waals surface area contributed by atoms with Gasteiger partial charge in [0.1, 0.15) is 0 Å². The average molecular weight is 472 g/mol. The van der Waals surface area contributed by atoms with Crippen LogP contribution in [0.3, 0.4) is 0 Å². The number of nitrogens with zero attached hydrogens (tertiary/aromatic N) is 5. The molecule has 0 bridgehead atoms. The predicted molar refractivity (Wildman–Crippen MR) is 141 cm³/mol. The number of fused-ring (bicyclic) bond motifs is 1. The first kappa shape index (κ1) is 22.6. The third-order valence-electron chi connectivity index (χ3n) is 8.34. The minimum absolute atomic E-state index is 0.306. The highest BCUT2D eigenvalue weighted by Gasteiger charge is 2.34. The molecule has 3 fully saturated rings. The van der Waals surface area contributed by atoms with Gasteiger partial charge in [-0.05, 0) is 81.3 Å². The van der Waals surface area contributed by atoms with Crippen molar-refractivity contribution in [2.75, 3.05) is 44.2 Å². The number of piperazine rings is 1. The number of aryl methyl sites for hydroxylation is 1. The second kappa shape index (κ2) is 8.98. The minimum Gasteiger partial charge on any atom is -0.366 e. The zero-order chi connectivity index (χ0) is 24.1. The maximum absolute atomic E-state index is 12.4. The molecule has 2 aromatic heterocycles. The Morgan fingerprint density at radius 1 is 0.971 bits per heavy atom. The van der Waals surface area contributed by atoms with E-state index in [0.717, 1.165) is 44.5 Å². The molecular weight excluding hydrogens is 434 g/mol. The van der Waals surface area contributed by atoms with Crippen molar-refractivity contribution in [2.45, 2.75) is 52.0 Å². The Hall–Kier alpha value is -2.86. The van der Waals surface area contributed by atoms with Crippen LogP contribution in [0.15, 0.2) is 42.7 Å². The van der Waals surface area contributed by atoms with Gasteiger partial charge in [0.05, 0.1) is 11.2 Å². The highest BCUT2D eigenvalue weighted by molar-refractivity contribution is 5.82. The van der Waals surface area contributed by atoms with Crippen LogP contribution in [0.2, 0.25) is 0 Å². The van der Waals surface area contributed by atoms with Gasteiger partial charge in [0.15, 0.2) is 0 Å². The van der Waals surface area contributed by atoms with E-state index in [-0.39, 0.29) is 0 Å². The quantitative estimate of drug-likeness (QED) is 0.547. The molecule has 3 aromatic rings. The lowest BCUT2D eigenvalue weighted by Gasteiger charge is -2.36. The van der Waals surface area contributed by atoms with Crippen molar-refractivity contribution >= 4 is 17.1 Å². The van der Waals surface area contributed by atoms with E-state index >= 15 is 0 Å². The molecule has 184 valence electrons. The van der Waals surface area contributed by atoms with Gasteiger partial charge >= 0.3 is 0 Å². The van der Waals surface area contributed by atoms with E-state index in [0.29, 0.717) is 23.8 Å². The van der Waals surface area contributed by atoms with Crippen LogP contribution < -0.4 is 4.90 Å². The zero-order valence-corrected chi connectivity index (χ0v) is 21.3. The predicted octanol–water partition coefficient (Wildman–Crippen LogP) is 4.57. The smallest absolute Gasteiger partial charge is 0.225 e. The molecule has 35 heavy (non-hydrogen) atoms. The average Bonchev–Trinajstić information content (AvgIpc) is 3.42. The maximum atomic E-state index is 12.4. The lowest BCUT2D eigenvalue weighted by molar-refractivity contribution is -0.132. The van der Waals surface area contributed by atoms with Crippen molar-refractivity contribution < 1.29 is 4.79 Å². The summed E-state index contributed by atoms with van der Waals surface area (Å²) in [6.07, 6.45) is 7.45. The normalized spacial score (nSPS) is 21.4. The van der Waals surface area contributed by atoms with E-state index in [1.54, 1.807) is 0 Å². The summed E-state index contributed by atoms with van der Waals surface area (Å²) in [4.78, 5) is 19.5. The summed E-state index contributed by atoms with van der Waals surface area (Å²) >= 11 is 0. The molecule has 0 unspecified atom stereocenters. The van der Waals surface area contributed by atoms with Gasteiger partial charge in [-0.25, -0.2) is 4.52 Å². The third kappa shape index (κ3) is 4.33. The minimum atomic E-state index is 0.306. The molecule has 6 heteroatoms. The first-order chi connectivity index (χ1) is 17.0. The van der Waals surface area contributed by atoms with Crippen molar-refractivity contribution in [3.8, 4) is 11.1 Å². The molecule has 6 nitrogen and oxygen atoms in total. The van der Waals surface area contributed by atoms with Crippen molar-refractivity contribution in [1.29, 1.82) is 0 Å². The highest BCUT2D eigenvalue weighted by atomic mass is 16.2. The van der Waals surface area contributed by atoms with Crippen LogP contribution in [0.4, 0.5) is 5.69 Å². The van der Waals surface area contributed by atoms with Crippen LogP contribution in [0.1, 0.15) is 50.2 Å². The van der Waals surface area contributed by atoms with Crippen LogP contribution >= 0.6 is 0 Å². The van der Waals surface area contributed by atoms with Crippen molar-refractivity contribution in [1.82, 2.24) is 19.4 Å². The first-order valence-corrected chi connectivity index (χ1v) is 13.3. The molecule has 2 aliphatic heterocycles. The number of benzene rings is 1. The standard InChI is InChI=1S/C29H37N5O/c1-20(2)33-11-9-24(18-33)26-7-6-23(16-21(26)3)25-17-28-27(8-10-30-34(28)19-25)31-12-14-32(15-13-31)29(35)22-4-5-22/h6-8,10,16-17,19-20,22,24H,4-5,9,11-15,18H2,1-3H3/t24-/m0/s1. The van der Waals surface area contributed by atoms with E-state index in [2.05, 4.69) is 77.1 Å².